The third-order valence-electron chi connectivity index (χ3n) is 5.94. The van der Waals surface area contributed by atoms with Crippen LogP contribution in [0, 0.1) is 5.92 Å². The van der Waals surface area contributed by atoms with Crippen LogP contribution in [0.15, 0.2) is 18.2 Å². The summed E-state index contributed by atoms with van der Waals surface area (Å²) >= 11 is 0. The fraction of sp³-hybridized carbons (Fsp3) is 0.588. The van der Waals surface area contributed by atoms with Crippen LogP contribution in [-0.4, -0.2) is 42.9 Å². The molecule has 1 aromatic carbocycles. The van der Waals surface area contributed by atoms with E-state index in [1.165, 1.54) is 17.7 Å². The average Bonchev–Trinajstić information content (AvgIpc) is 2.62. The number of amides is 1. The Labute approximate surface area is 141 Å². The molecule has 6 heteroatoms. The molecule has 4 atom stereocenters. The van der Waals surface area contributed by atoms with Crippen LogP contribution >= 0.6 is 8.58 Å². The molecular weight excluding hydrogens is 304 g/mol. The third kappa shape index (κ3) is 2.32. The van der Waals surface area contributed by atoms with Crippen LogP contribution in [0.5, 0.6) is 0 Å². The lowest BCUT2D eigenvalue weighted by atomic mass is 9.84. The molecule has 1 saturated heterocycles. The number of para-hydroxylation sites is 1. The Hall–Kier alpha value is -1.06. The first-order chi connectivity index (χ1) is 10.9. The highest BCUT2D eigenvalue weighted by Crippen LogP contribution is 2.56. The second kappa shape index (κ2) is 5.22. The molecule has 3 aliphatic rings. The van der Waals surface area contributed by atoms with E-state index in [1.807, 2.05) is 6.92 Å². The predicted octanol–water partition coefficient (Wildman–Crippen LogP) is 2.17. The van der Waals surface area contributed by atoms with Gasteiger partial charge in [-0.05, 0) is 31.9 Å². The summed E-state index contributed by atoms with van der Waals surface area (Å²) in [5, 5.41) is 3.15. The Morgan fingerprint density at radius 1 is 1.39 bits per heavy atom. The summed E-state index contributed by atoms with van der Waals surface area (Å²) in [6.45, 7) is 7.61. The number of carbonyl (C=O) groups is 1. The van der Waals surface area contributed by atoms with Crippen LogP contribution in [0.25, 0.3) is 0 Å². The largest absolute Gasteiger partial charge is 0.362 e. The average molecular weight is 329 g/mol. The van der Waals surface area contributed by atoms with Gasteiger partial charge in [-0.1, -0.05) is 27.6 Å². The monoisotopic (exact) mass is 329 g/mol. The quantitative estimate of drug-likeness (QED) is 0.585. The minimum atomic E-state index is 0.0350. The van der Waals surface area contributed by atoms with E-state index in [2.05, 4.69) is 55.1 Å². The van der Waals surface area contributed by atoms with Gasteiger partial charge in [-0.3, -0.25) is 4.79 Å². The number of rotatable bonds is 0. The van der Waals surface area contributed by atoms with Crippen molar-refractivity contribution in [2.24, 2.45) is 5.92 Å². The zero-order valence-corrected chi connectivity index (χ0v) is 15.4. The van der Waals surface area contributed by atoms with Crippen LogP contribution in [0.4, 0.5) is 11.4 Å². The fourth-order valence-corrected chi connectivity index (χ4v) is 6.19. The third-order valence-corrected chi connectivity index (χ3v) is 7.73. The van der Waals surface area contributed by atoms with E-state index in [4.69, 9.17) is 0 Å². The van der Waals surface area contributed by atoms with Gasteiger partial charge in [0.05, 0.1) is 23.1 Å². The minimum absolute atomic E-state index is 0.0350. The Morgan fingerprint density at radius 3 is 2.96 bits per heavy atom. The summed E-state index contributed by atoms with van der Waals surface area (Å²) in [5.74, 6) is 1.31. The molecule has 3 heterocycles. The molecule has 4 nitrogen and oxygen atoms in total. The second-order valence-electron chi connectivity index (χ2n) is 7.91. The Bertz CT molecular complexity index is 665. The summed E-state index contributed by atoms with van der Waals surface area (Å²) in [6, 6.07) is 6.45. The van der Waals surface area contributed by atoms with E-state index in [0.29, 0.717) is 11.7 Å². The molecule has 4 rings (SSSR count). The highest BCUT2D eigenvalue weighted by atomic mass is 31.1. The standard InChI is InChI=1S/C17H25BN3OP/c1-10-8-20-14-11(5-4-6-13(14)19-15(10)22)12-7-17(2,3)21(18)9-23-16(12)20/h4-6,10,12,16,23H,7-9,18H2,1-3H3,(H,19,22)/t10?,12-,16-/m0/s1. The molecule has 0 radical (unpaired) electrons. The van der Waals surface area contributed by atoms with E-state index < -0.39 is 0 Å². The maximum Gasteiger partial charge on any atom is 0.229 e. The van der Waals surface area contributed by atoms with Crippen molar-refractivity contribution in [1.82, 2.24) is 4.81 Å². The number of hydrogen-bond donors (Lipinski definition) is 1. The molecule has 0 aliphatic carbocycles. The lowest BCUT2D eigenvalue weighted by molar-refractivity contribution is -0.119. The van der Waals surface area contributed by atoms with Crippen LogP contribution in [0.3, 0.4) is 0 Å². The number of benzene rings is 1. The molecule has 0 aromatic heterocycles. The summed E-state index contributed by atoms with van der Waals surface area (Å²) in [6.07, 6.45) is 2.32. The highest BCUT2D eigenvalue weighted by Gasteiger charge is 2.46. The SMILES string of the molecule is BN1CP[C@H]2[C@@H](CC1(C)C)c1cccc3c1N2CC(C)C(=O)N3. The smallest absolute Gasteiger partial charge is 0.229 e. The minimum Gasteiger partial charge on any atom is -0.362 e. The topological polar surface area (TPSA) is 35.6 Å². The van der Waals surface area contributed by atoms with Gasteiger partial charge in [0.2, 0.25) is 5.91 Å². The highest BCUT2D eigenvalue weighted by molar-refractivity contribution is 7.39. The first-order valence-electron chi connectivity index (χ1n) is 8.53. The van der Waals surface area contributed by atoms with E-state index in [-0.39, 0.29) is 17.4 Å². The van der Waals surface area contributed by atoms with Gasteiger partial charge in [-0.15, -0.1) is 0 Å². The first kappa shape index (κ1) is 15.5. The normalized spacial score (nSPS) is 33.6. The Morgan fingerprint density at radius 2 is 2.17 bits per heavy atom. The van der Waals surface area contributed by atoms with Gasteiger partial charge in [-0.25, -0.2) is 0 Å². The van der Waals surface area contributed by atoms with Gasteiger partial charge in [0.25, 0.3) is 0 Å². The predicted molar refractivity (Wildman–Crippen MR) is 100 cm³/mol. The van der Waals surface area contributed by atoms with Crippen LogP contribution in [0.2, 0.25) is 0 Å². The molecule has 1 N–H and O–H groups in total. The molecule has 1 aromatic rings. The first-order valence-corrected chi connectivity index (χ1v) is 9.82. The molecule has 0 bridgehead atoms. The number of nitrogens with one attached hydrogen (secondary N) is 1. The molecule has 3 aliphatic heterocycles. The van der Waals surface area contributed by atoms with Crippen LogP contribution in [0.1, 0.15) is 38.7 Å². The fourth-order valence-electron chi connectivity index (χ4n) is 4.26. The van der Waals surface area contributed by atoms with Crippen LogP contribution < -0.4 is 10.2 Å². The Balaban J connectivity index is 1.83. The van der Waals surface area contributed by atoms with Crippen molar-refractivity contribution in [3.8, 4) is 0 Å². The van der Waals surface area contributed by atoms with E-state index in [0.717, 1.165) is 27.1 Å². The lowest BCUT2D eigenvalue weighted by Crippen LogP contribution is -2.41. The summed E-state index contributed by atoms with van der Waals surface area (Å²) < 4.78 is 0. The number of carbonyl (C=O) groups excluding carboxylic acids is 1. The Kier molecular flexibility index (Phi) is 3.51. The van der Waals surface area contributed by atoms with Gasteiger partial charge in [0.15, 0.2) is 7.98 Å². The second-order valence-corrected chi connectivity index (χ2v) is 9.23. The molecule has 2 unspecified atom stereocenters. The van der Waals surface area contributed by atoms with Crippen molar-refractivity contribution >= 4 is 33.8 Å². The molecule has 23 heavy (non-hydrogen) atoms. The molecule has 0 spiro atoms. The maximum absolute atomic E-state index is 12.3. The zero-order valence-electron chi connectivity index (χ0n) is 14.4. The molecule has 1 amide bonds. The molecule has 1 fully saturated rings. The zero-order chi connectivity index (χ0) is 16.4. The van der Waals surface area contributed by atoms with Crippen molar-refractivity contribution in [3.05, 3.63) is 23.8 Å². The molecule has 122 valence electrons. The molecule has 0 saturated carbocycles. The molecular formula is C17H25BN3OP. The number of fused-ring (bicyclic) bond motifs is 3. The van der Waals surface area contributed by atoms with Crippen molar-refractivity contribution in [1.29, 1.82) is 0 Å². The van der Waals surface area contributed by atoms with Gasteiger partial charge in [-0.2, -0.15) is 0 Å². The van der Waals surface area contributed by atoms with Gasteiger partial charge < -0.3 is 15.0 Å². The summed E-state index contributed by atoms with van der Waals surface area (Å²) in [5.41, 5.74) is 3.97. The summed E-state index contributed by atoms with van der Waals surface area (Å²) in [7, 11) is 3.13. The van der Waals surface area contributed by atoms with Gasteiger partial charge >= 0.3 is 0 Å². The van der Waals surface area contributed by atoms with E-state index in [9.17, 15) is 4.79 Å². The van der Waals surface area contributed by atoms with E-state index in [1.54, 1.807) is 0 Å². The van der Waals surface area contributed by atoms with Crippen molar-refractivity contribution < 1.29 is 4.79 Å². The maximum atomic E-state index is 12.3. The van der Waals surface area contributed by atoms with Gasteiger partial charge in [0.1, 0.15) is 0 Å². The number of hydrogen-bond acceptors (Lipinski definition) is 3. The summed E-state index contributed by atoms with van der Waals surface area (Å²) in [4.78, 5) is 17.4. The van der Waals surface area contributed by atoms with Crippen molar-refractivity contribution in [2.75, 3.05) is 23.0 Å². The van der Waals surface area contributed by atoms with Crippen molar-refractivity contribution in [2.45, 2.75) is 44.4 Å². The van der Waals surface area contributed by atoms with Crippen molar-refractivity contribution in [3.63, 3.8) is 0 Å². The number of anilines is 2. The lowest BCUT2D eigenvalue weighted by Gasteiger charge is -2.35. The van der Waals surface area contributed by atoms with Gasteiger partial charge in [0, 0.05) is 24.3 Å². The van der Waals surface area contributed by atoms with Crippen LogP contribution in [-0.2, 0) is 4.79 Å². The number of nitrogens with zero attached hydrogens (tertiary/aromatic N) is 2. The van der Waals surface area contributed by atoms with E-state index >= 15 is 0 Å².